The first-order chi connectivity index (χ1) is 8.65. The second-order valence-corrected chi connectivity index (χ2v) is 4.63. The highest BCUT2D eigenvalue weighted by Gasteiger charge is 2.00. The molecule has 0 fully saturated rings. The molecule has 0 atom stereocenters. The van der Waals surface area contributed by atoms with Gasteiger partial charge in [0.1, 0.15) is 23.9 Å². The molecule has 0 aliphatic rings. The second kappa shape index (κ2) is 5.64. The van der Waals surface area contributed by atoms with E-state index in [1.165, 1.54) is 0 Å². The highest BCUT2D eigenvalue weighted by Crippen LogP contribution is 2.15. The molecule has 0 aliphatic carbocycles. The van der Waals surface area contributed by atoms with Crippen LogP contribution in [0.2, 0.25) is 0 Å². The molecule has 0 amide bonds. The molecule has 1 aromatic carbocycles. The van der Waals surface area contributed by atoms with Gasteiger partial charge in [-0.15, -0.1) is 0 Å². The normalized spacial score (nSPS) is 10.1. The Hall–Kier alpha value is -1.88. The van der Waals surface area contributed by atoms with Crippen molar-refractivity contribution < 1.29 is 4.74 Å². The molecule has 18 heavy (non-hydrogen) atoms. The first-order valence-corrected chi connectivity index (χ1v) is 6.12. The van der Waals surface area contributed by atoms with Crippen molar-refractivity contribution in [1.29, 1.82) is 5.41 Å². The Balaban J connectivity index is 2.00. The number of nitrogen functional groups attached to an aromatic ring is 1. The molecule has 3 N–H and O–H groups in total. The number of nitrogens with two attached hydrogens (primary N) is 1. The lowest BCUT2D eigenvalue weighted by Gasteiger charge is -2.06. The van der Waals surface area contributed by atoms with Crippen LogP contribution in [-0.4, -0.2) is 10.8 Å². The van der Waals surface area contributed by atoms with Gasteiger partial charge in [0.25, 0.3) is 0 Å². The van der Waals surface area contributed by atoms with Crippen molar-refractivity contribution in [2.24, 2.45) is 5.73 Å². The Morgan fingerprint density at radius 2 is 2.17 bits per heavy atom. The molecule has 1 aromatic heterocycles. The maximum Gasteiger partial charge on any atom is 0.141 e. The summed E-state index contributed by atoms with van der Waals surface area (Å²) in [6.45, 7) is 0.473. The van der Waals surface area contributed by atoms with Gasteiger partial charge in [0.05, 0.1) is 6.20 Å². The summed E-state index contributed by atoms with van der Waals surface area (Å²) in [7, 11) is 0. The molecule has 2 aromatic rings. The van der Waals surface area contributed by atoms with Crippen molar-refractivity contribution in [3.63, 3.8) is 0 Å². The SMILES string of the molecule is N=C(N)c1ccc(OCc2cccc(Br)c2)cn1. The van der Waals surface area contributed by atoms with Gasteiger partial charge in [-0.1, -0.05) is 28.1 Å². The summed E-state index contributed by atoms with van der Waals surface area (Å²) in [6, 6.07) is 11.3. The van der Waals surface area contributed by atoms with Gasteiger partial charge in [0, 0.05) is 4.47 Å². The topological polar surface area (TPSA) is 72.0 Å². The van der Waals surface area contributed by atoms with Gasteiger partial charge in [-0.25, -0.2) is 4.98 Å². The number of nitrogens with zero attached hydrogens (tertiary/aromatic N) is 1. The summed E-state index contributed by atoms with van der Waals surface area (Å²) >= 11 is 3.41. The molecule has 0 unspecified atom stereocenters. The standard InChI is InChI=1S/C13H12BrN3O/c14-10-3-1-2-9(6-10)8-18-11-4-5-12(13(15)16)17-7-11/h1-7H,8H2,(H3,15,16). The van der Waals surface area contributed by atoms with E-state index in [1.54, 1.807) is 18.3 Å². The smallest absolute Gasteiger partial charge is 0.141 e. The third-order valence-corrected chi connectivity index (χ3v) is 2.80. The van der Waals surface area contributed by atoms with Gasteiger partial charge in [0.2, 0.25) is 0 Å². The molecule has 92 valence electrons. The van der Waals surface area contributed by atoms with Gasteiger partial charge < -0.3 is 10.5 Å². The number of ether oxygens (including phenoxy) is 1. The summed E-state index contributed by atoms with van der Waals surface area (Å²) in [5, 5.41) is 7.24. The molecule has 0 saturated carbocycles. The largest absolute Gasteiger partial charge is 0.487 e. The van der Waals surface area contributed by atoms with Crippen molar-refractivity contribution in [3.05, 3.63) is 58.3 Å². The third kappa shape index (κ3) is 3.30. The van der Waals surface area contributed by atoms with Crippen LogP contribution in [0.15, 0.2) is 47.1 Å². The van der Waals surface area contributed by atoms with Crippen molar-refractivity contribution in [2.45, 2.75) is 6.61 Å². The van der Waals surface area contributed by atoms with Crippen molar-refractivity contribution in [2.75, 3.05) is 0 Å². The minimum atomic E-state index is -0.0476. The zero-order chi connectivity index (χ0) is 13.0. The average Bonchev–Trinajstić information content (AvgIpc) is 2.37. The monoisotopic (exact) mass is 305 g/mol. The van der Waals surface area contributed by atoms with E-state index in [4.69, 9.17) is 15.9 Å². The Morgan fingerprint density at radius 3 is 2.78 bits per heavy atom. The molecule has 2 rings (SSSR count). The molecule has 0 spiro atoms. The summed E-state index contributed by atoms with van der Waals surface area (Å²) in [4.78, 5) is 4.02. The van der Waals surface area contributed by atoms with Crippen molar-refractivity contribution in [3.8, 4) is 5.75 Å². The number of rotatable bonds is 4. The molecule has 0 saturated heterocycles. The van der Waals surface area contributed by atoms with Gasteiger partial charge >= 0.3 is 0 Å². The summed E-state index contributed by atoms with van der Waals surface area (Å²) in [5.74, 6) is 0.605. The fourth-order valence-corrected chi connectivity index (χ4v) is 1.87. The Bertz CT molecular complexity index is 554. The molecule has 0 radical (unpaired) electrons. The lowest BCUT2D eigenvalue weighted by Crippen LogP contribution is -2.12. The fourth-order valence-electron chi connectivity index (χ4n) is 1.42. The third-order valence-electron chi connectivity index (χ3n) is 2.31. The molecule has 4 nitrogen and oxygen atoms in total. The van der Waals surface area contributed by atoms with Gasteiger partial charge in [-0.2, -0.15) is 0 Å². The Morgan fingerprint density at radius 1 is 1.33 bits per heavy atom. The Labute approximate surface area is 113 Å². The lowest BCUT2D eigenvalue weighted by atomic mass is 10.2. The van der Waals surface area contributed by atoms with Crippen LogP contribution < -0.4 is 10.5 Å². The van der Waals surface area contributed by atoms with Crippen LogP contribution in [-0.2, 0) is 6.61 Å². The molecule has 0 aliphatic heterocycles. The van der Waals surface area contributed by atoms with Crippen LogP contribution in [0.4, 0.5) is 0 Å². The molecule has 1 heterocycles. The number of hydrogen-bond acceptors (Lipinski definition) is 3. The van der Waals surface area contributed by atoms with E-state index in [9.17, 15) is 0 Å². The predicted molar refractivity (Wildman–Crippen MR) is 73.7 cm³/mol. The first-order valence-electron chi connectivity index (χ1n) is 5.33. The number of amidine groups is 1. The highest BCUT2D eigenvalue weighted by molar-refractivity contribution is 9.10. The van der Waals surface area contributed by atoms with Gasteiger partial charge in [-0.05, 0) is 29.8 Å². The maximum absolute atomic E-state index is 7.24. The summed E-state index contributed by atoms with van der Waals surface area (Å²) in [6.07, 6.45) is 1.56. The van der Waals surface area contributed by atoms with Gasteiger partial charge in [0.15, 0.2) is 0 Å². The van der Waals surface area contributed by atoms with Crippen LogP contribution in [0.25, 0.3) is 0 Å². The van der Waals surface area contributed by atoms with E-state index in [-0.39, 0.29) is 5.84 Å². The number of nitrogens with one attached hydrogen (secondary N) is 1. The number of pyridine rings is 1. The van der Waals surface area contributed by atoms with Crippen LogP contribution in [0, 0.1) is 5.41 Å². The Kier molecular flexibility index (Phi) is 3.94. The summed E-state index contributed by atoms with van der Waals surface area (Å²) in [5.41, 5.74) is 6.84. The van der Waals surface area contributed by atoms with Crippen molar-refractivity contribution in [1.82, 2.24) is 4.98 Å². The van der Waals surface area contributed by atoms with Crippen LogP contribution in [0.1, 0.15) is 11.3 Å². The first kappa shape index (κ1) is 12.6. The second-order valence-electron chi connectivity index (χ2n) is 3.71. The van der Waals surface area contributed by atoms with E-state index in [2.05, 4.69) is 20.9 Å². The maximum atomic E-state index is 7.24. The van der Waals surface area contributed by atoms with E-state index < -0.39 is 0 Å². The van der Waals surface area contributed by atoms with Crippen LogP contribution >= 0.6 is 15.9 Å². The predicted octanol–water partition coefficient (Wildman–Crippen LogP) is 2.71. The minimum absolute atomic E-state index is 0.0476. The fraction of sp³-hybridized carbons (Fsp3) is 0.0769. The molecule has 5 heteroatoms. The number of hydrogen-bond donors (Lipinski definition) is 2. The van der Waals surface area contributed by atoms with E-state index in [0.29, 0.717) is 18.1 Å². The summed E-state index contributed by atoms with van der Waals surface area (Å²) < 4.78 is 6.61. The quantitative estimate of drug-likeness (QED) is 0.674. The van der Waals surface area contributed by atoms with Crippen LogP contribution in [0.5, 0.6) is 5.75 Å². The van der Waals surface area contributed by atoms with E-state index in [0.717, 1.165) is 10.0 Å². The zero-order valence-corrected chi connectivity index (χ0v) is 11.1. The molecular formula is C13H12BrN3O. The van der Waals surface area contributed by atoms with Crippen LogP contribution in [0.3, 0.4) is 0 Å². The van der Waals surface area contributed by atoms with Gasteiger partial charge in [-0.3, -0.25) is 5.41 Å². The lowest BCUT2D eigenvalue weighted by molar-refractivity contribution is 0.305. The number of halogens is 1. The zero-order valence-electron chi connectivity index (χ0n) is 9.56. The highest BCUT2D eigenvalue weighted by atomic mass is 79.9. The average molecular weight is 306 g/mol. The minimum Gasteiger partial charge on any atom is -0.487 e. The van der Waals surface area contributed by atoms with E-state index >= 15 is 0 Å². The number of benzene rings is 1. The van der Waals surface area contributed by atoms with E-state index in [1.807, 2.05) is 24.3 Å². The molecular weight excluding hydrogens is 294 g/mol. The number of aromatic nitrogens is 1. The van der Waals surface area contributed by atoms with Crippen molar-refractivity contribution >= 4 is 21.8 Å². The molecule has 0 bridgehead atoms.